The molecule has 20 heavy (non-hydrogen) atoms. The van der Waals surface area contributed by atoms with E-state index in [1.165, 1.54) is 11.3 Å². The van der Waals surface area contributed by atoms with Crippen molar-refractivity contribution in [2.45, 2.75) is 13.8 Å². The first-order valence-electron chi connectivity index (χ1n) is 6.46. The van der Waals surface area contributed by atoms with Gasteiger partial charge >= 0.3 is 0 Å². The number of thiophene rings is 1. The Hall–Kier alpha value is -1.65. The number of aromatic nitrogens is 2. The van der Waals surface area contributed by atoms with Crippen LogP contribution in [0.5, 0.6) is 0 Å². The molecule has 1 N–H and O–H groups in total. The van der Waals surface area contributed by atoms with Crippen LogP contribution in [0.3, 0.4) is 0 Å². The second-order valence-corrected chi connectivity index (χ2v) is 6.22. The van der Waals surface area contributed by atoms with E-state index in [1.807, 2.05) is 24.3 Å². The predicted molar refractivity (Wildman–Crippen MR) is 86.8 cm³/mol. The monoisotopic (exact) mass is 303 g/mol. The van der Waals surface area contributed by atoms with Gasteiger partial charge in [-0.15, -0.1) is 11.3 Å². The number of halogens is 1. The Morgan fingerprint density at radius 3 is 2.75 bits per heavy atom. The number of benzene rings is 1. The van der Waals surface area contributed by atoms with Crippen LogP contribution in [0.4, 0.5) is 5.82 Å². The Morgan fingerprint density at radius 2 is 2.05 bits per heavy atom. The number of para-hydroxylation sites is 1. The molecule has 0 aliphatic rings. The van der Waals surface area contributed by atoms with Gasteiger partial charge in [0.25, 0.3) is 0 Å². The van der Waals surface area contributed by atoms with Crippen LogP contribution in [0, 0.1) is 6.92 Å². The molecule has 0 unspecified atom stereocenters. The Balaban J connectivity index is 2.26. The zero-order valence-electron chi connectivity index (χ0n) is 11.3. The fraction of sp³-hybridized carbons (Fsp3) is 0.200. The average Bonchev–Trinajstić information content (AvgIpc) is 2.87. The lowest BCUT2D eigenvalue weighted by Crippen LogP contribution is -2.03. The van der Waals surface area contributed by atoms with E-state index in [0.29, 0.717) is 0 Å². The van der Waals surface area contributed by atoms with Crippen molar-refractivity contribution in [1.82, 2.24) is 9.97 Å². The summed E-state index contributed by atoms with van der Waals surface area (Å²) in [5, 5.41) is 4.37. The van der Waals surface area contributed by atoms with Crippen molar-refractivity contribution in [2.75, 3.05) is 11.9 Å². The highest BCUT2D eigenvalue weighted by Gasteiger charge is 2.11. The fourth-order valence-corrected chi connectivity index (χ4v) is 3.12. The summed E-state index contributed by atoms with van der Waals surface area (Å²) in [5.74, 6) is 1.60. The maximum Gasteiger partial charge on any atom is 0.172 e. The highest BCUT2D eigenvalue weighted by molar-refractivity contribution is 7.19. The molecule has 0 radical (unpaired) electrons. The van der Waals surface area contributed by atoms with E-state index in [0.717, 1.165) is 43.9 Å². The molecule has 0 spiro atoms. The molecule has 0 fully saturated rings. The van der Waals surface area contributed by atoms with Gasteiger partial charge in [-0.1, -0.05) is 23.7 Å². The van der Waals surface area contributed by atoms with Crippen molar-refractivity contribution in [3.63, 3.8) is 0 Å². The lowest BCUT2D eigenvalue weighted by atomic mass is 10.1. The smallest absolute Gasteiger partial charge is 0.172 e. The van der Waals surface area contributed by atoms with Gasteiger partial charge in [0, 0.05) is 11.9 Å². The van der Waals surface area contributed by atoms with E-state index in [1.54, 1.807) is 0 Å². The van der Waals surface area contributed by atoms with Crippen molar-refractivity contribution in [3.8, 4) is 10.7 Å². The SMILES string of the molecule is CCNc1nc(-c2ccc(Cl)s2)nc2c(C)cccc12. The van der Waals surface area contributed by atoms with Crippen molar-refractivity contribution in [1.29, 1.82) is 0 Å². The Kier molecular flexibility index (Phi) is 3.59. The molecule has 0 bridgehead atoms. The molecular weight excluding hydrogens is 290 g/mol. The maximum atomic E-state index is 6.01. The quantitative estimate of drug-likeness (QED) is 0.758. The highest BCUT2D eigenvalue weighted by Crippen LogP contribution is 2.32. The summed E-state index contributed by atoms with van der Waals surface area (Å²) in [4.78, 5) is 10.3. The van der Waals surface area contributed by atoms with E-state index in [-0.39, 0.29) is 0 Å². The standard InChI is InChI=1S/C15H14ClN3S/c1-3-17-14-10-6-4-5-9(2)13(10)18-15(19-14)11-7-8-12(16)20-11/h4-8H,3H2,1-2H3,(H,17,18,19). The Bertz CT molecular complexity index is 767. The molecule has 1 aromatic carbocycles. The minimum atomic E-state index is 0.722. The van der Waals surface area contributed by atoms with Crippen LogP contribution < -0.4 is 5.32 Å². The first kappa shape index (κ1) is 13.3. The minimum absolute atomic E-state index is 0.722. The van der Waals surface area contributed by atoms with Crippen molar-refractivity contribution in [3.05, 3.63) is 40.2 Å². The molecule has 2 aromatic heterocycles. The number of anilines is 1. The lowest BCUT2D eigenvalue weighted by molar-refractivity contribution is 1.15. The van der Waals surface area contributed by atoms with Crippen molar-refractivity contribution < 1.29 is 0 Å². The lowest BCUT2D eigenvalue weighted by Gasteiger charge is -2.10. The van der Waals surface area contributed by atoms with E-state index in [9.17, 15) is 0 Å². The molecule has 0 saturated carbocycles. The predicted octanol–water partition coefficient (Wildman–Crippen LogP) is 4.75. The number of hydrogen-bond donors (Lipinski definition) is 1. The summed E-state index contributed by atoms with van der Waals surface area (Å²) in [5.41, 5.74) is 2.13. The third-order valence-electron chi connectivity index (χ3n) is 3.07. The normalized spacial score (nSPS) is 10.9. The van der Waals surface area contributed by atoms with E-state index >= 15 is 0 Å². The first-order chi connectivity index (χ1) is 9.69. The number of aryl methyl sites for hydroxylation is 1. The van der Waals surface area contributed by atoms with Crippen LogP contribution in [0.15, 0.2) is 30.3 Å². The van der Waals surface area contributed by atoms with E-state index in [2.05, 4.69) is 30.2 Å². The van der Waals surface area contributed by atoms with E-state index < -0.39 is 0 Å². The van der Waals surface area contributed by atoms with Crippen LogP contribution in [-0.4, -0.2) is 16.5 Å². The van der Waals surface area contributed by atoms with Crippen LogP contribution in [-0.2, 0) is 0 Å². The molecule has 0 atom stereocenters. The Labute approximate surface area is 126 Å². The molecule has 5 heteroatoms. The summed E-state index contributed by atoms with van der Waals surface area (Å²) in [7, 11) is 0. The Morgan fingerprint density at radius 1 is 1.20 bits per heavy atom. The zero-order chi connectivity index (χ0) is 14.1. The number of hydrogen-bond acceptors (Lipinski definition) is 4. The molecule has 0 amide bonds. The van der Waals surface area contributed by atoms with Gasteiger partial charge in [0.1, 0.15) is 5.82 Å². The molecule has 2 heterocycles. The summed E-state index contributed by atoms with van der Waals surface area (Å²) in [6.45, 7) is 4.95. The average molecular weight is 304 g/mol. The summed E-state index contributed by atoms with van der Waals surface area (Å²) in [6.07, 6.45) is 0. The van der Waals surface area contributed by atoms with Gasteiger partial charge in [0.2, 0.25) is 0 Å². The van der Waals surface area contributed by atoms with Gasteiger partial charge in [-0.2, -0.15) is 0 Å². The van der Waals surface area contributed by atoms with Crippen LogP contribution in [0.1, 0.15) is 12.5 Å². The highest BCUT2D eigenvalue weighted by atomic mass is 35.5. The van der Waals surface area contributed by atoms with Crippen molar-refractivity contribution in [2.24, 2.45) is 0 Å². The third kappa shape index (κ3) is 2.37. The first-order valence-corrected chi connectivity index (χ1v) is 7.65. The third-order valence-corrected chi connectivity index (χ3v) is 4.29. The van der Waals surface area contributed by atoms with Crippen LogP contribution >= 0.6 is 22.9 Å². The number of rotatable bonds is 3. The molecular formula is C15H14ClN3S. The molecule has 102 valence electrons. The van der Waals surface area contributed by atoms with Gasteiger partial charge < -0.3 is 5.32 Å². The topological polar surface area (TPSA) is 37.8 Å². The number of fused-ring (bicyclic) bond motifs is 1. The van der Waals surface area contributed by atoms with Crippen molar-refractivity contribution >= 4 is 39.7 Å². The van der Waals surface area contributed by atoms with Crippen LogP contribution in [0.25, 0.3) is 21.6 Å². The molecule has 3 rings (SSSR count). The second kappa shape index (κ2) is 5.38. The second-order valence-electron chi connectivity index (χ2n) is 4.50. The molecule has 0 aliphatic heterocycles. The summed E-state index contributed by atoms with van der Waals surface area (Å²) >= 11 is 7.50. The minimum Gasteiger partial charge on any atom is -0.370 e. The summed E-state index contributed by atoms with van der Waals surface area (Å²) < 4.78 is 0.749. The molecule has 0 aliphatic carbocycles. The molecule has 3 nitrogen and oxygen atoms in total. The zero-order valence-corrected chi connectivity index (χ0v) is 12.8. The van der Waals surface area contributed by atoms with Gasteiger partial charge in [-0.3, -0.25) is 0 Å². The number of nitrogens with one attached hydrogen (secondary N) is 1. The van der Waals surface area contributed by atoms with Gasteiger partial charge in [0.05, 0.1) is 14.7 Å². The largest absolute Gasteiger partial charge is 0.370 e. The molecule has 3 aromatic rings. The fourth-order valence-electron chi connectivity index (χ4n) is 2.14. The molecule has 0 saturated heterocycles. The summed E-state index contributed by atoms with van der Waals surface area (Å²) in [6, 6.07) is 9.98. The van der Waals surface area contributed by atoms with Gasteiger partial charge in [-0.25, -0.2) is 9.97 Å². The number of nitrogens with zero attached hydrogens (tertiary/aromatic N) is 2. The maximum absolute atomic E-state index is 6.01. The van der Waals surface area contributed by atoms with Gasteiger partial charge in [-0.05, 0) is 37.6 Å². The van der Waals surface area contributed by atoms with Gasteiger partial charge in [0.15, 0.2) is 5.82 Å². The van der Waals surface area contributed by atoms with E-state index in [4.69, 9.17) is 16.6 Å². The van der Waals surface area contributed by atoms with Crippen LogP contribution in [0.2, 0.25) is 4.34 Å².